The van der Waals surface area contributed by atoms with Gasteiger partial charge in [-0.25, -0.2) is 8.42 Å². The lowest BCUT2D eigenvalue weighted by atomic mass is 10.1. The van der Waals surface area contributed by atoms with E-state index in [1.165, 1.54) is 15.6 Å². The van der Waals surface area contributed by atoms with Crippen LogP contribution in [0.5, 0.6) is 0 Å². The Balaban J connectivity index is 1.57. The molecule has 1 fully saturated rings. The second kappa shape index (κ2) is 7.35. The van der Waals surface area contributed by atoms with Gasteiger partial charge in [-0.05, 0) is 48.6 Å². The maximum Gasteiger partial charge on any atom is 0.252 e. The minimum atomic E-state index is -3.39. The summed E-state index contributed by atoms with van der Waals surface area (Å²) in [5.41, 5.74) is 0.604. The Morgan fingerprint density at radius 1 is 1.17 bits per heavy atom. The molecular formula is C16H17BrN2O3S2. The van der Waals surface area contributed by atoms with Crippen molar-refractivity contribution in [2.24, 2.45) is 0 Å². The molecule has 1 saturated heterocycles. The van der Waals surface area contributed by atoms with E-state index in [9.17, 15) is 13.2 Å². The summed E-state index contributed by atoms with van der Waals surface area (Å²) >= 11 is 4.57. The molecule has 1 aliphatic rings. The Morgan fingerprint density at radius 3 is 2.42 bits per heavy atom. The van der Waals surface area contributed by atoms with Gasteiger partial charge in [0.15, 0.2) is 0 Å². The molecule has 0 saturated carbocycles. The number of sulfonamides is 1. The molecule has 0 bridgehead atoms. The Morgan fingerprint density at radius 2 is 1.83 bits per heavy atom. The Labute approximate surface area is 153 Å². The monoisotopic (exact) mass is 428 g/mol. The average molecular weight is 429 g/mol. The molecule has 5 nitrogen and oxygen atoms in total. The molecule has 1 aliphatic heterocycles. The predicted octanol–water partition coefficient (Wildman–Crippen LogP) is 3.09. The van der Waals surface area contributed by atoms with Crippen LogP contribution < -0.4 is 5.32 Å². The SMILES string of the molecule is O=C(NC1CCN(S(=O)(=O)c2cccs2)CC1)c1ccc(Br)cc1. The lowest BCUT2D eigenvalue weighted by Gasteiger charge is -2.31. The summed E-state index contributed by atoms with van der Waals surface area (Å²) in [5, 5.41) is 4.75. The minimum Gasteiger partial charge on any atom is -0.349 e. The first-order valence-electron chi connectivity index (χ1n) is 7.57. The summed E-state index contributed by atoms with van der Waals surface area (Å²) in [6.45, 7) is 0.844. The molecule has 128 valence electrons. The summed E-state index contributed by atoms with van der Waals surface area (Å²) in [6.07, 6.45) is 1.24. The number of halogens is 1. The largest absolute Gasteiger partial charge is 0.349 e. The normalized spacial score (nSPS) is 16.9. The zero-order valence-electron chi connectivity index (χ0n) is 12.8. The molecule has 0 atom stereocenters. The first-order valence-corrected chi connectivity index (χ1v) is 10.7. The topological polar surface area (TPSA) is 66.5 Å². The number of amides is 1. The highest BCUT2D eigenvalue weighted by molar-refractivity contribution is 9.10. The van der Waals surface area contributed by atoms with E-state index >= 15 is 0 Å². The van der Waals surface area contributed by atoms with Gasteiger partial charge in [0.2, 0.25) is 0 Å². The fraction of sp³-hybridized carbons (Fsp3) is 0.312. The standard InChI is InChI=1S/C16H17BrN2O3S2/c17-13-5-3-12(4-6-13)16(20)18-14-7-9-19(10-8-14)24(21,22)15-2-1-11-23-15/h1-6,11,14H,7-10H2,(H,18,20). The van der Waals surface area contributed by atoms with Gasteiger partial charge >= 0.3 is 0 Å². The number of carbonyl (C=O) groups excluding carboxylic acids is 1. The van der Waals surface area contributed by atoms with Crippen molar-refractivity contribution in [3.8, 4) is 0 Å². The lowest BCUT2D eigenvalue weighted by Crippen LogP contribution is -2.46. The lowest BCUT2D eigenvalue weighted by molar-refractivity contribution is 0.0924. The molecular weight excluding hydrogens is 412 g/mol. The first-order chi connectivity index (χ1) is 11.5. The van der Waals surface area contributed by atoms with Gasteiger partial charge in [-0.2, -0.15) is 4.31 Å². The van der Waals surface area contributed by atoms with Crippen molar-refractivity contribution >= 4 is 43.2 Å². The van der Waals surface area contributed by atoms with Gasteiger partial charge in [0.1, 0.15) is 4.21 Å². The molecule has 0 unspecified atom stereocenters. The van der Waals surface area contributed by atoms with E-state index in [4.69, 9.17) is 0 Å². The summed E-state index contributed by atoms with van der Waals surface area (Å²) < 4.78 is 27.7. The number of hydrogen-bond acceptors (Lipinski definition) is 4. The number of nitrogens with one attached hydrogen (secondary N) is 1. The zero-order chi connectivity index (χ0) is 17.2. The number of carbonyl (C=O) groups is 1. The predicted molar refractivity (Wildman–Crippen MR) is 97.7 cm³/mol. The smallest absolute Gasteiger partial charge is 0.252 e. The third kappa shape index (κ3) is 3.88. The van der Waals surface area contributed by atoms with Gasteiger partial charge in [0.05, 0.1) is 0 Å². The van der Waals surface area contributed by atoms with E-state index in [2.05, 4.69) is 21.2 Å². The van der Waals surface area contributed by atoms with E-state index in [0.717, 1.165) is 4.47 Å². The van der Waals surface area contributed by atoms with Crippen LogP contribution in [0.15, 0.2) is 50.5 Å². The molecule has 8 heteroatoms. The first kappa shape index (κ1) is 17.6. The van der Waals surface area contributed by atoms with Gasteiger partial charge in [0.25, 0.3) is 15.9 Å². The highest BCUT2D eigenvalue weighted by atomic mass is 79.9. The molecule has 2 aromatic rings. The molecule has 3 rings (SSSR count). The van der Waals surface area contributed by atoms with Gasteiger partial charge < -0.3 is 5.32 Å². The van der Waals surface area contributed by atoms with Crippen LogP contribution in [0.1, 0.15) is 23.2 Å². The van der Waals surface area contributed by atoms with E-state index in [0.29, 0.717) is 35.7 Å². The quantitative estimate of drug-likeness (QED) is 0.813. The number of thiophene rings is 1. The van der Waals surface area contributed by atoms with Crippen LogP contribution in [0.4, 0.5) is 0 Å². The van der Waals surface area contributed by atoms with Crippen molar-refractivity contribution < 1.29 is 13.2 Å². The van der Waals surface area contributed by atoms with Crippen molar-refractivity contribution in [2.45, 2.75) is 23.1 Å². The molecule has 1 aromatic heterocycles. The number of rotatable bonds is 4. The molecule has 0 spiro atoms. The fourth-order valence-electron chi connectivity index (χ4n) is 2.65. The van der Waals surface area contributed by atoms with Crippen LogP contribution >= 0.6 is 27.3 Å². The maximum absolute atomic E-state index is 12.5. The second-order valence-electron chi connectivity index (χ2n) is 5.59. The van der Waals surface area contributed by atoms with Crippen LogP contribution in [0.3, 0.4) is 0 Å². The Hall–Kier alpha value is -1.22. The van der Waals surface area contributed by atoms with Crippen molar-refractivity contribution in [1.29, 1.82) is 0 Å². The third-order valence-electron chi connectivity index (χ3n) is 3.98. The van der Waals surface area contributed by atoms with Crippen LogP contribution in [0.2, 0.25) is 0 Å². The third-order valence-corrected chi connectivity index (χ3v) is 7.79. The summed E-state index contributed by atoms with van der Waals surface area (Å²) in [6, 6.07) is 10.5. The molecule has 0 aliphatic carbocycles. The Bertz CT molecular complexity index is 796. The van der Waals surface area contributed by atoms with E-state index in [1.807, 2.05) is 12.1 Å². The van der Waals surface area contributed by atoms with Crippen molar-refractivity contribution in [1.82, 2.24) is 9.62 Å². The minimum absolute atomic E-state index is 0.00377. The maximum atomic E-state index is 12.5. The summed E-state index contributed by atoms with van der Waals surface area (Å²) in [5.74, 6) is -0.123. The molecule has 1 amide bonds. The van der Waals surface area contributed by atoms with Gasteiger partial charge in [-0.1, -0.05) is 22.0 Å². The highest BCUT2D eigenvalue weighted by Crippen LogP contribution is 2.24. The number of piperidine rings is 1. The van der Waals surface area contributed by atoms with Crippen molar-refractivity contribution in [2.75, 3.05) is 13.1 Å². The van der Waals surface area contributed by atoms with Gasteiger partial charge in [0, 0.05) is 29.2 Å². The second-order valence-corrected chi connectivity index (χ2v) is 9.62. The van der Waals surface area contributed by atoms with E-state index in [-0.39, 0.29) is 11.9 Å². The number of hydrogen-bond donors (Lipinski definition) is 1. The number of nitrogens with zero attached hydrogens (tertiary/aromatic N) is 1. The Kier molecular flexibility index (Phi) is 5.39. The molecule has 24 heavy (non-hydrogen) atoms. The van der Waals surface area contributed by atoms with Gasteiger partial charge in [-0.3, -0.25) is 4.79 Å². The molecule has 1 aromatic carbocycles. The van der Waals surface area contributed by atoms with E-state index in [1.54, 1.807) is 29.6 Å². The molecule has 1 N–H and O–H groups in total. The fourth-order valence-corrected chi connectivity index (χ4v) is 5.53. The highest BCUT2D eigenvalue weighted by Gasteiger charge is 2.30. The van der Waals surface area contributed by atoms with Crippen molar-refractivity contribution in [3.05, 3.63) is 51.8 Å². The zero-order valence-corrected chi connectivity index (χ0v) is 16.0. The van der Waals surface area contributed by atoms with Crippen LogP contribution in [0, 0.1) is 0 Å². The van der Waals surface area contributed by atoms with Crippen LogP contribution in [-0.4, -0.2) is 37.8 Å². The van der Waals surface area contributed by atoms with Crippen molar-refractivity contribution in [3.63, 3.8) is 0 Å². The summed E-state index contributed by atoms with van der Waals surface area (Å²) in [4.78, 5) is 12.2. The summed E-state index contributed by atoms with van der Waals surface area (Å²) in [7, 11) is -3.39. The number of benzene rings is 1. The molecule has 0 radical (unpaired) electrons. The van der Waals surface area contributed by atoms with Gasteiger partial charge in [-0.15, -0.1) is 11.3 Å². The average Bonchev–Trinajstić information content (AvgIpc) is 3.11. The van der Waals surface area contributed by atoms with E-state index < -0.39 is 10.0 Å². The molecule has 2 heterocycles. The van der Waals surface area contributed by atoms with Crippen LogP contribution in [-0.2, 0) is 10.0 Å². The van der Waals surface area contributed by atoms with Crippen LogP contribution in [0.25, 0.3) is 0 Å².